The highest BCUT2D eigenvalue weighted by Crippen LogP contribution is 2.31. The van der Waals surface area contributed by atoms with Crippen LogP contribution >= 0.6 is 0 Å². The van der Waals surface area contributed by atoms with Gasteiger partial charge in [0.25, 0.3) is 5.91 Å². The van der Waals surface area contributed by atoms with E-state index in [0.717, 1.165) is 5.56 Å². The Morgan fingerprint density at radius 2 is 2.36 bits per heavy atom. The van der Waals surface area contributed by atoms with Crippen molar-refractivity contribution in [2.24, 2.45) is 11.7 Å². The first kappa shape index (κ1) is 18.1. The van der Waals surface area contributed by atoms with E-state index in [9.17, 15) is 15.1 Å². The van der Waals surface area contributed by atoms with Gasteiger partial charge in [0.1, 0.15) is 11.3 Å². The van der Waals surface area contributed by atoms with Gasteiger partial charge in [0.15, 0.2) is 5.82 Å². The lowest BCUT2D eigenvalue weighted by molar-refractivity contribution is 0.0342. The first-order chi connectivity index (χ1) is 13.5. The summed E-state index contributed by atoms with van der Waals surface area (Å²) in [5.74, 6) is 1.51. The van der Waals surface area contributed by atoms with Gasteiger partial charge in [0, 0.05) is 24.1 Å². The lowest BCUT2D eigenvalue weighted by atomic mass is 9.86. The van der Waals surface area contributed by atoms with Gasteiger partial charge in [-0.1, -0.05) is 6.08 Å². The second-order valence-electron chi connectivity index (χ2n) is 6.65. The summed E-state index contributed by atoms with van der Waals surface area (Å²) in [6.07, 6.45) is 3.91. The van der Waals surface area contributed by atoms with E-state index >= 15 is 0 Å². The van der Waals surface area contributed by atoms with E-state index in [1.54, 1.807) is 29.1 Å². The minimum Gasteiger partial charge on any atom is -0.532 e. The number of nitriles is 1. The second-order valence-corrected chi connectivity index (χ2v) is 6.65. The van der Waals surface area contributed by atoms with Crippen molar-refractivity contribution < 1.29 is 19.2 Å². The molecule has 0 saturated carbocycles. The smallest absolute Gasteiger partial charge is 0.532 e. The maximum atomic E-state index is 11.9. The average molecular weight is 379 g/mol. The van der Waals surface area contributed by atoms with Crippen molar-refractivity contribution in [3.05, 3.63) is 41.5 Å². The highest BCUT2D eigenvalue weighted by molar-refractivity contribution is 6.51. The van der Waals surface area contributed by atoms with Crippen LogP contribution in [0.1, 0.15) is 28.4 Å². The van der Waals surface area contributed by atoms with Crippen LogP contribution in [-0.4, -0.2) is 41.0 Å². The van der Waals surface area contributed by atoms with Gasteiger partial charge in [0.05, 0.1) is 24.6 Å². The molecule has 2 aromatic rings. The van der Waals surface area contributed by atoms with Crippen LogP contribution < -0.4 is 15.7 Å². The molecule has 0 aliphatic carbocycles. The zero-order valence-corrected chi connectivity index (χ0v) is 14.9. The number of nitrogens with zero attached hydrogens (tertiary/aromatic N) is 3. The Bertz CT molecular complexity index is 983. The van der Waals surface area contributed by atoms with Crippen molar-refractivity contribution in [2.45, 2.75) is 12.5 Å². The molecule has 1 saturated heterocycles. The Balaban J connectivity index is 1.63. The first-order valence-electron chi connectivity index (χ1n) is 8.85. The molecule has 28 heavy (non-hydrogen) atoms. The van der Waals surface area contributed by atoms with E-state index in [1.807, 2.05) is 6.07 Å². The summed E-state index contributed by atoms with van der Waals surface area (Å²) >= 11 is 0. The molecule has 1 fully saturated rings. The van der Waals surface area contributed by atoms with E-state index in [0.29, 0.717) is 36.9 Å². The van der Waals surface area contributed by atoms with Crippen LogP contribution in [0.15, 0.2) is 30.4 Å². The van der Waals surface area contributed by atoms with Gasteiger partial charge in [0.2, 0.25) is 0 Å². The Kier molecular flexibility index (Phi) is 4.77. The van der Waals surface area contributed by atoms with Gasteiger partial charge < -0.3 is 25.5 Å². The Morgan fingerprint density at radius 1 is 1.50 bits per heavy atom. The fraction of sp³-hybridized carbons (Fsp3) is 0.278. The molecule has 3 heterocycles. The van der Waals surface area contributed by atoms with Crippen molar-refractivity contribution in [2.75, 3.05) is 18.5 Å². The van der Waals surface area contributed by atoms with Crippen LogP contribution in [0.3, 0.4) is 0 Å². The van der Waals surface area contributed by atoms with Crippen molar-refractivity contribution in [1.29, 1.82) is 5.26 Å². The van der Waals surface area contributed by atoms with E-state index in [-0.39, 0.29) is 17.5 Å². The van der Waals surface area contributed by atoms with Crippen molar-refractivity contribution >= 4 is 30.6 Å². The number of nitrogens with one attached hydrogen (secondary N) is 1. The predicted molar refractivity (Wildman–Crippen MR) is 102 cm³/mol. The van der Waals surface area contributed by atoms with Crippen molar-refractivity contribution in [1.82, 2.24) is 9.78 Å². The molecule has 142 valence electrons. The van der Waals surface area contributed by atoms with Crippen LogP contribution in [-0.2, 0) is 4.74 Å². The second kappa shape index (κ2) is 7.38. The number of carbonyl (C=O) groups excluding carboxylic acids is 1. The highest BCUT2D eigenvalue weighted by Gasteiger charge is 2.29. The number of carbonyl (C=O) groups is 1. The minimum atomic E-state index is -0.964. The number of anilines is 2. The molecule has 1 amide bonds. The summed E-state index contributed by atoms with van der Waals surface area (Å²) in [5.41, 5.74) is 7.19. The molecule has 10 heteroatoms. The van der Waals surface area contributed by atoms with Crippen LogP contribution in [0, 0.1) is 17.2 Å². The standard InChI is InChI=1S/C18H18BN5O4/c20-8-12-4-6-27-10-15(12)24-9-14(17(21)25)18(23-24)22-13-1-2-16-11(7-13)3-5-19(26)28-16/h1-3,5,7,9,12,15,26H,4,6,10H2,(H2,21,25)(H,22,23)/t12-,15?/m1/s1. The summed E-state index contributed by atoms with van der Waals surface area (Å²) in [7, 11) is -0.964. The van der Waals surface area contributed by atoms with Gasteiger partial charge >= 0.3 is 7.12 Å². The molecule has 9 nitrogen and oxygen atoms in total. The van der Waals surface area contributed by atoms with Crippen molar-refractivity contribution in [3.63, 3.8) is 0 Å². The number of fused-ring (bicyclic) bond motifs is 1. The van der Waals surface area contributed by atoms with Crippen LogP contribution in [0.25, 0.3) is 6.08 Å². The van der Waals surface area contributed by atoms with Gasteiger partial charge in [-0.15, -0.1) is 0 Å². The molecule has 0 bridgehead atoms. The molecule has 1 unspecified atom stereocenters. The molecule has 0 radical (unpaired) electrons. The maximum absolute atomic E-state index is 11.9. The number of nitrogens with two attached hydrogens (primary N) is 1. The lowest BCUT2D eigenvalue weighted by Gasteiger charge is -2.26. The predicted octanol–water partition coefficient (Wildman–Crippen LogP) is 1.25. The molecule has 2 atom stereocenters. The van der Waals surface area contributed by atoms with E-state index < -0.39 is 13.0 Å². The number of benzene rings is 1. The first-order valence-corrected chi connectivity index (χ1v) is 8.85. The monoisotopic (exact) mass is 379 g/mol. The molecule has 2 aliphatic heterocycles. The zero-order chi connectivity index (χ0) is 19.7. The third-order valence-corrected chi connectivity index (χ3v) is 4.79. The summed E-state index contributed by atoms with van der Waals surface area (Å²) in [4.78, 5) is 11.9. The summed E-state index contributed by atoms with van der Waals surface area (Å²) < 4.78 is 12.4. The van der Waals surface area contributed by atoms with Gasteiger partial charge in [-0.05, 0) is 30.6 Å². The van der Waals surface area contributed by atoms with E-state index in [4.69, 9.17) is 15.1 Å². The summed E-state index contributed by atoms with van der Waals surface area (Å²) in [6, 6.07) is 7.26. The normalized spacial score (nSPS) is 20.8. The quantitative estimate of drug-likeness (QED) is 0.681. The van der Waals surface area contributed by atoms with Gasteiger partial charge in [-0.2, -0.15) is 10.4 Å². The number of hydrogen-bond donors (Lipinski definition) is 3. The van der Waals surface area contributed by atoms with Gasteiger partial charge in [-0.3, -0.25) is 9.48 Å². The molecule has 4 rings (SSSR count). The summed E-state index contributed by atoms with van der Waals surface area (Å²) in [6.45, 7) is 0.879. The largest absolute Gasteiger partial charge is 0.552 e. The molecule has 0 spiro atoms. The van der Waals surface area contributed by atoms with Crippen LogP contribution in [0.4, 0.5) is 11.5 Å². The number of ether oxygens (including phenoxy) is 1. The number of rotatable bonds is 4. The molecular formula is C18H18BN5O4. The fourth-order valence-corrected chi connectivity index (χ4v) is 3.32. The Labute approximate surface area is 161 Å². The van der Waals surface area contributed by atoms with Crippen LogP contribution in [0.5, 0.6) is 5.75 Å². The topological polar surface area (TPSA) is 135 Å². The number of primary amides is 1. The molecule has 1 aromatic heterocycles. The third-order valence-electron chi connectivity index (χ3n) is 4.79. The van der Waals surface area contributed by atoms with E-state index in [2.05, 4.69) is 16.5 Å². The van der Waals surface area contributed by atoms with Crippen molar-refractivity contribution in [3.8, 4) is 11.8 Å². The van der Waals surface area contributed by atoms with Gasteiger partial charge in [-0.25, -0.2) is 0 Å². The summed E-state index contributed by atoms with van der Waals surface area (Å²) in [5, 5.41) is 26.4. The molecule has 1 aromatic carbocycles. The molecule has 2 aliphatic rings. The third kappa shape index (κ3) is 3.45. The number of hydrogen-bond acceptors (Lipinski definition) is 7. The maximum Gasteiger partial charge on any atom is 0.552 e. The Hall–Kier alpha value is -3.29. The van der Waals surface area contributed by atoms with E-state index in [1.165, 1.54) is 5.98 Å². The fourth-order valence-electron chi connectivity index (χ4n) is 3.32. The highest BCUT2D eigenvalue weighted by atomic mass is 16.5. The molecular weight excluding hydrogens is 361 g/mol. The van der Waals surface area contributed by atoms with Crippen LogP contribution in [0.2, 0.25) is 0 Å². The number of amides is 1. The average Bonchev–Trinajstić information content (AvgIpc) is 3.12. The SMILES string of the molecule is N#C[C@H]1CCOCC1n1cc(C(N)=O)c(Nc2ccc3c(c2)C=CB(O)O3)n1. The minimum absolute atomic E-state index is 0.224. The number of aromatic nitrogens is 2. The lowest BCUT2D eigenvalue weighted by Crippen LogP contribution is -2.29. The molecule has 4 N–H and O–H groups in total. The zero-order valence-electron chi connectivity index (χ0n) is 14.9. The Morgan fingerprint density at radius 3 is 3.14 bits per heavy atom.